The Hall–Kier alpha value is -2.14. The van der Waals surface area contributed by atoms with Crippen LogP contribution in [0.3, 0.4) is 0 Å². The van der Waals surface area contributed by atoms with Crippen molar-refractivity contribution in [3.63, 3.8) is 0 Å². The number of amidine groups is 1. The molecular formula is C20H17IN2. The van der Waals surface area contributed by atoms with Gasteiger partial charge in [-0.2, -0.15) is 0 Å². The van der Waals surface area contributed by atoms with Gasteiger partial charge in [0.2, 0.25) is 0 Å². The van der Waals surface area contributed by atoms with E-state index in [1.165, 1.54) is 5.56 Å². The number of aryl methyl sites for hydroxylation is 1. The molecule has 3 rings (SSSR count). The van der Waals surface area contributed by atoms with Gasteiger partial charge >= 0.3 is 0 Å². The molecule has 0 fully saturated rings. The topological polar surface area (TPSA) is 24.4 Å². The Bertz CT molecular complexity index is 809. The monoisotopic (exact) mass is 412 g/mol. The van der Waals surface area contributed by atoms with Crippen LogP contribution < -0.4 is 5.32 Å². The summed E-state index contributed by atoms with van der Waals surface area (Å²) in [5, 5.41) is 3.44. The quantitative estimate of drug-likeness (QED) is 0.329. The maximum atomic E-state index is 4.84. The van der Waals surface area contributed by atoms with Crippen LogP contribution in [0.15, 0.2) is 83.9 Å². The molecule has 0 unspecified atom stereocenters. The van der Waals surface area contributed by atoms with Crippen LogP contribution in [0, 0.1) is 10.5 Å². The van der Waals surface area contributed by atoms with Crippen molar-refractivity contribution in [3.8, 4) is 0 Å². The first kappa shape index (κ1) is 15.7. The predicted octanol–water partition coefficient (Wildman–Crippen LogP) is 5.79. The first-order valence-electron chi connectivity index (χ1n) is 7.45. The van der Waals surface area contributed by atoms with Gasteiger partial charge in [0.05, 0.1) is 5.69 Å². The number of hydrogen-bond donors (Lipinski definition) is 1. The van der Waals surface area contributed by atoms with E-state index in [1.54, 1.807) is 0 Å². The zero-order valence-corrected chi connectivity index (χ0v) is 15.0. The molecule has 0 spiro atoms. The number of nitrogens with zero attached hydrogens (tertiary/aromatic N) is 1. The Kier molecular flexibility index (Phi) is 5.08. The lowest BCUT2D eigenvalue weighted by Crippen LogP contribution is -2.13. The molecule has 0 atom stereocenters. The van der Waals surface area contributed by atoms with Gasteiger partial charge in [0, 0.05) is 14.8 Å². The largest absolute Gasteiger partial charge is 0.340 e. The van der Waals surface area contributed by atoms with Gasteiger partial charge in [-0.05, 0) is 53.8 Å². The Morgan fingerprint density at radius 2 is 1.48 bits per heavy atom. The second-order valence-corrected chi connectivity index (χ2v) is 6.43. The standard InChI is InChI=1S/C20H17IN2/c1-15-11-13-17(14-12-15)22-20(16-7-3-2-4-8-16)23-19-10-6-5-9-18(19)21/h2-14H,1H3,(H,22,23). The summed E-state index contributed by atoms with van der Waals surface area (Å²) in [4.78, 5) is 4.84. The molecular weight excluding hydrogens is 395 g/mol. The van der Waals surface area contributed by atoms with E-state index in [1.807, 2.05) is 36.4 Å². The first-order valence-corrected chi connectivity index (χ1v) is 8.52. The minimum Gasteiger partial charge on any atom is -0.340 e. The average Bonchev–Trinajstić information content (AvgIpc) is 2.59. The second-order valence-electron chi connectivity index (χ2n) is 5.27. The van der Waals surface area contributed by atoms with Crippen molar-refractivity contribution < 1.29 is 0 Å². The molecule has 0 aliphatic heterocycles. The summed E-state index contributed by atoms with van der Waals surface area (Å²) < 4.78 is 1.13. The molecule has 0 saturated heterocycles. The van der Waals surface area contributed by atoms with Gasteiger partial charge in [-0.25, -0.2) is 4.99 Å². The molecule has 0 aliphatic carbocycles. The summed E-state index contributed by atoms with van der Waals surface area (Å²) in [6.45, 7) is 2.09. The number of benzene rings is 3. The van der Waals surface area contributed by atoms with E-state index in [2.05, 4.69) is 77.3 Å². The third-order valence-electron chi connectivity index (χ3n) is 3.45. The Morgan fingerprint density at radius 1 is 0.826 bits per heavy atom. The maximum Gasteiger partial charge on any atom is 0.138 e. The van der Waals surface area contributed by atoms with Gasteiger partial charge in [-0.1, -0.05) is 60.2 Å². The molecule has 23 heavy (non-hydrogen) atoms. The van der Waals surface area contributed by atoms with E-state index in [9.17, 15) is 0 Å². The summed E-state index contributed by atoms with van der Waals surface area (Å²) in [6, 6.07) is 26.7. The van der Waals surface area contributed by atoms with Crippen molar-refractivity contribution in [1.82, 2.24) is 0 Å². The molecule has 2 nitrogen and oxygen atoms in total. The van der Waals surface area contributed by atoms with E-state index in [-0.39, 0.29) is 0 Å². The number of para-hydroxylation sites is 1. The van der Waals surface area contributed by atoms with Crippen LogP contribution in [-0.4, -0.2) is 5.84 Å². The zero-order valence-electron chi connectivity index (χ0n) is 12.8. The molecule has 3 aromatic rings. The molecule has 0 bridgehead atoms. The number of hydrogen-bond acceptors (Lipinski definition) is 1. The van der Waals surface area contributed by atoms with Crippen LogP contribution >= 0.6 is 22.6 Å². The van der Waals surface area contributed by atoms with E-state index in [0.29, 0.717) is 0 Å². The lowest BCUT2D eigenvalue weighted by Gasteiger charge is -2.11. The van der Waals surface area contributed by atoms with Gasteiger partial charge in [-0.3, -0.25) is 0 Å². The normalized spacial score (nSPS) is 11.3. The van der Waals surface area contributed by atoms with Gasteiger partial charge in [0.15, 0.2) is 0 Å². The summed E-state index contributed by atoms with van der Waals surface area (Å²) in [7, 11) is 0. The van der Waals surface area contributed by atoms with E-state index >= 15 is 0 Å². The minimum absolute atomic E-state index is 0.846. The predicted molar refractivity (Wildman–Crippen MR) is 107 cm³/mol. The van der Waals surface area contributed by atoms with Gasteiger partial charge in [0.1, 0.15) is 5.84 Å². The number of halogens is 1. The van der Waals surface area contributed by atoms with Crippen LogP contribution in [-0.2, 0) is 0 Å². The van der Waals surface area contributed by atoms with E-state index < -0.39 is 0 Å². The molecule has 0 saturated carbocycles. The summed E-state index contributed by atoms with van der Waals surface area (Å²) in [6.07, 6.45) is 0. The van der Waals surface area contributed by atoms with E-state index in [4.69, 9.17) is 4.99 Å². The molecule has 114 valence electrons. The molecule has 3 aromatic carbocycles. The first-order chi connectivity index (χ1) is 11.2. The molecule has 0 aliphatic rings. The van der Waals surface area contributed by atoms with Crippen LogP contribution in [0.2, 0.25) is 0 Å². The number of nitrogens with one attached hydrogen (secondary N) is 1. The van der Waals surface area contributed by atoms with Crippen molar-refractivity contribution >= 4 is 39.8 Å². The van der Waals surface area contributed by atoms with Crippen molar-refractivity contribution in [1.29, 1.82) is 0 Å². The SMILES string of the molecule is Cc1ccc(NC(=Nc2ccccc2I)c2ccccc2)cc1. The van der Waals surface area contributed by atoms with E-state index in [0.717, 1.165) is 26.3 Å². The molecule has 0 aromatic heterocycles. The van der Waals surface area contributed by atoms with Crippen molar-refractivity contribution in [2.75, 3.05) is 5.32 Å². The Morgan fingerprint density at radius 3 is 2.17 bits per heavy atom. The van der Waals surface area contributed by atoms with Crippen molar-refractivity contribution in [2.24, 2.45) is 4.99 Å². The highest BCUT2D eigenvalue weighted by Gasteiger charge is 2.06. The average molecular weight is 412 g/mol. The van der Waals surface area contributed by atoms with Crippen LogP contribution in [0.5, 0.6) is 0 Å². The highest BCUT2D eigenvalue weighted by atomic mass is 127. The summed E-state index contributed by atoms with van der Waals surface area (Å²) in [5.74, 6) is 0.846. The highest BCUT2D eigenvalue weighted by molar-refractivity contribution is 14.1. The van der Waals surface area contributed by atoms with Gasteiger partial charge < -0.3 is 5.32 Å². The maximum absolute atomic E-state index is 4.84. The van der Waals surface area contributed by atoms with Crippen LogP contribution in [0.1, 0.15) is 11.1 Å². The smallest absolute Gasteiger partial charge is 0.138 e. The van der Waals surface area contributed by atoms with Gasteiger partial charge in [-0.15, -0.1) is 0 Å². The zero-order chi connectivity index (χ0) is 16.1. The summed E-state index contributed by atoms with van der Waals surface area (Å²) >= 11 is 2.31. The molecule has 3 heteroatoms. The third-order valence-corrected chi connectivity index (χ3v) is 4.36. The van der Waals surface area contributed by atoms with Crippen LogP contribution in [0.25, 0.3) is 0 Å². The van der Waals surface area contributed by atoms with Gasteiger partial charge in [0.25, 0.3) is 0 Å². The fourth-order valence-electron chi connectivity index (χ4n) is 2.20. The van der Waals surface area contributed by atoms with Crippen molar-refractivity contribution in [3.05, 3.63) is 93.6 Å². The Labute approximate surface area is 150 Å². The number of rotatable bonds is 3. The van der Waals surface area contributed by atoms with Crippen molar-refractivity contribution in [2.45, 2.75) is 6.92 Å². The number of aliphatic imine (C=N–C) groups is 1. The Balaban J connectivity index is 2.00. The second kappa shape index (κ2) is 7.42. The summed E-state index contributed by atoms with van der Waals surface area (Å²) in [5.41, 5.74) is 4.30. The minimum atomic E-state index is 0.846. The molecule has 0 amide bonds. The number of anilines is 1. The fraction of sp³-hybridized carbons (Fsp3) is 0.0500. The third kappa shape index (κ3) is 4.20. The fourth-order valence-corrected chi connectivity index (χ4v) is 2.71. The molecule has 1 N–H and O–H groups in total. The van der Waals surface area contributed by atoms with Crippen LogP contribution in [0.4, 0.5) is 11.4 Å². The molecule has 0 heterocycles. The highest BCUT2D eigenvalue weighted by Crippen LogP contribution is 2.22. The lowest BCUT2D eigenvalue weighted by atomic mass is 10.2. The molecule has 0 radical (unpaired) electrons. The lowest BCUT2D eigenvalue weighted by molar-refractivity contribution is 1.43.